The van der Waals surface area contributed by atoms with Crippen molar-refractivity contribution >= 4 is 16.0 Å². The number of nitrogens with zero attached hydrogens (tertiary/aromatic N) is 3. The van der Waals surface area contributed by atoms with Crippen LogP contribution < -0.4 is 15.8 Å². The number of piperidine rings is 1. The third-order valence-electron chi connectivity index (χ3n) is 6.38. The lowest BCUT2D eigenvalue weighted by Gasteiger charge is -2.38. The summed E-state index contributed by atoms with van der Waals surface area (Å²) in [5.74, 6) is 2.22. The number of rotatable bonds is 6. The molecule has 1 spiro atoms. The van der Waals surface area contributed by atoms with E-state index in [2.05, 4.69) is 15.3 Å². The summed E-state index contributed by atoms with van der Waals surface area (Å²) in [6, 6.07) is 16.2. The van der Waals surface area contributed by atoms with Crippen molar-refractivity contribution in [3.63, 3.8) is 0 Å². The van der Waals surface area contributed by atoms with Gasteiger partial charge >= 0.3 is 0 Å². The second-order valence-corrected chi connectivity index (χ2v) is 10.6. The van der Waals surface area contributed by atoms with Crippen molar-refractivity contribution in [1.82, 2.24) is 14.6 Å². The zero-order valence-corrected chi connectivity index (χ0v) is 19.7. The maximum Gasteiger partial charge on any atom is 0.243 e. The van der Waals surface area contributed by atoms with E-state index in [0.29, 0.717) is 61.5 Å². The summed E-state index contributed by atoms with van der Waals surface area (Å²) in [6.45, 7) is 3.51. The highest BCUT2D eigenvalue weighted by molar-refractivity contribution is 7.89. The van der Waals surface area contributed by atoms with Gasteiger partial charge in [0.25, 0.3) is 0 Å². The number of benzene rings is 2. The number of guanidine groups is 1. The number of hydrogen-bond donors (Lipinski definition) is 2. The molecule has 178 valence electrons. The summed E-state index contributed by atoms with van der Waals surface area (Å²) < 4.78 is 39.4. The van der Waals surface area contributed by atoms with Crippen molar-refractivity contribution in [1.29, 1.82) is 0 Å². The van der Waals surface area contributed by atoms with E-state index < -0.39 is 10.0 Å². The average molecular weight is 482 g/mol. The standard InChI is InChI=1S/C24H27N5O4S/c1-17-21(27-22(33-17)18-5-3-2-4-6-18)15-32-19-7-9-20(10-8-19)34(30,31)29-13-11-24(12-14-29)16-26-23(25)28-24/h2-10H,11-16H2,1H3,(H3,25,26,28). The average Bonchev–Trinajstić information content (AvgIpc) is 3.40. The lowest BCUT2D eigenvalue weighted by atomic mass is 9.89. The van der Waals surface area contributed by atoms with Crippen molar-refractivity contribution in [2.75, 3.05) is 19.6 Å². The molecule has 2 aliphatic rings. The van der Waals surface area contributed by atoms with Gasteiger partial charge in [-0.25, -0.2) is 13.4 Å². The molecule has 0 saturated carbocycles. The summed E-state index contributed by atoms with van der Waals surface area (Å²) in [5, 5.41) is 3.21. The maximum atomic E-state index is 13.1. The van der Waals surface area contributed by atoms with E-state index in [1.807, 2.05) is 37.3 Å². The van der Waals surface area contributed by atoms with Crippen molar-refractivity contribution in [3.8, 4) is 17.2 Å². The number of hydrogen-bond acceptors (Lipinski definition) is 8. The molecule has 0 bridgehead atoms. The highest BCUT2D eigenvalue weighted by atomic mass is 32.2. The zero-order chi connectivity index (χ0) is 23.8. The molecule has 0 amide bonds. The van der Waals surface area contributed by atoms with E-state index >= 15 is 0 Å². The number of aliphatic imine (C=N–C) groups is 1. The first-order chi connectivity index (χ1) is 16.3. The van der Waals surface area contributed by atoms with Crippen LogP contribution in [0, 0.1) is 6.92 Å². The van der Waals surface area contributed by atoms with Crippen molar-refractivity contribution in [2.45, 2.75) is 36.8 Å². The van der Waals surface area contributed by atoms with Gasteiger partial charge in [0.2, 0.25) is 15.9 Å². The van der Waals surface area contributed by atoms with Crippen LogP contribution in [-0.4, -0.2) is 48.8 Å². The molecule has 5 rings (SSSR count). The lowest BCUT2D eigenvalue weighted by Crippen LogP contribution is -2.55. The van der Waals surface area contributed by atoms with E-state index in [4.69, 9.17) is 14.9 Å². The van der Waals surface area contributed by atoms with Gasteiger partial charge in [-0.1, -0.05) is 18.2 Å². The van der Waals surface area contributed by atoms with Gasteiger partial charge in [0, 0.05) is 18.7 Å². The molecule has 3 heterocycles. The minimum atomic E-state index is -3.59. The van der Waals surface area contributed by atoms with Crippen LogP contribution in [0.1, 0.15) is 24.3 Å². The van der Waals surface area contributed by atoms with Gasteiger partial charge in [-0.2, -0.15) is 4.31 Å². The molecule has 0 unspecified atom stereocenters. The monoisotopic (exact) mass is 481 g/mol. The third-order valence-corrected chi connectivity index (χ3v) is 8.29. The first-order valence-corrected chi connectivity index (χ1v) is 12.6. The highest BCUT2D eigenvalue weighted by Crippen LogP contribution is 2.30. The van der Waals surface area contributed by atoms with Gasteiger partial charge in [-0.15, -0.1) is 0 Å². The number of aryl methyl sites for hydroxylation is 1. The molecule has 1 aromatic heterocycles. The predicted molar refractivity (Wildman–Crippen MR) is 128 cm³/mol. The largest absolute Gasteiger partial charge is 0.487 e. The Morgan fingerprint density at radius 1 is 1.12 bits per heavy atom. The normalized spacial score (nSPS) is 18.0. The number of nitrogens with one attached hydrogen (secondary N) is 1. The first-order valence-electron chi connectivity index (χ1n) is 11.2. The molecule has 3 aromatic rings. The smallest absolute Gasteiger partial charge is 0.243 e. The minimum absolute atomic E-state index is 0.215. The minimum Gasteiger partial charge on any atom is -0.487 e. The Balaban J connectivity index is 1.21. The Labute approximate surface area is 198 Å². The second kappa shape index (κ2) is 8.77. The summed E-state index contributed by atoms with van der Waals surface area (Å²) >= 11 is 0. The van der Waals surface area contributed by atoms with Crippen molar-refractivity contribution < 1.29 is 17.6 Å². The van der Waals surface area contributed by atoms with Crippen LogP contribution in [0.5, 0.6) is 5.75 Å². The van der Waals surface area contributed by atoms with Gasteiger partial charge < -0.3 is 20.2 Å². The molecule has 0 atom stereocenters. The summed E-state index contributed by atoms with van der Waals surface area (Å²) in [5.41, 5.74) is 7.13. The van der Waals surface area contributed by atoms with Crippen LogP contribution in [-0.2, 0) is 16.6 Å². The Morgan fingerprint density at radius 2 is 1.82 bits per heavy atom. The van der Waals surface area contributed by atoms with Crippen LogP contribution >= 0.6 is 0 Å². The van der Waals surface area contributed by atoms with E-state index in [-0.39, 0.29) is 17.0 Å². The number of ether oxygens (including phenoxy) is 1. The summed E-state index contributed by atoms with van der Waals surface area (Å²) in [6.07, 6.45) is 1.33. The Morgan fingerprint density at radius 3 is 2.47 bits per heavy atom. The lowest BCUT2D eigenvalue weighted by molar-refractivity contribution is 0.231. The quantitative estimate of drug-likeness (QED) is 0.555. The molecule has 34 heavy (non-hydrogen) atoms. The molecule has 2 aliphatic heterocycles. The van der Waals surface area contributed by atoms with Crippen LogP contribution in [0.15, 0.2) is 68.9 Å². The van der Waals surface area contributed by atoms with Crippen molar-refractivity contribution in [2.24, 2.45) is 10.7 Å². The van der Waals surface area contributed by atoms with E-state index in [1.54, 1.807) is 24.3 Å². The van der Waals surface area contributed by atoms with Gasteiger partial charge in [-0.3, -0.25) is 4.99 Å². The molecule has 2 aromatic carbocycles. The number of aromatic nitrogens is 1. The fraction of sp³-hybridized carbons (Fsp3) is 0.333. The molecule has 9 nitrogen and oxygen atoms in total. The molecular formula is C24H27N5O4S. The molecular weight excluding hydrogens is 454 g/mol. The predicted octanol–water partition coefficient (Wildman–Crippen LogP) is 2.67. The molecule has 1 saturated heterocycles. The summed E-state index contributed by atoms with van der Waals surface area (Å²) in [7, 11) is -3.59. The fourth-order valence-electron chi connectivity index (χ4n) is 4.30. The third kappa shape index (κ3) is 4.38. The molecule has 1 fully saturated rings. The Kier molecular flexibility index (Phi) is 5.78. The van der Waals surface area contributed by atoms with Gasteiger partial charge in [0.15, 0.2) is 5.96 Å². The molecule has 0 radical (unpaired) electrons. The van der Waals surface area contributed by atoms with Crippen LogP contribution in [0.2, 0.25) is 0 Å². The SMILES string of the molecule is Cc1oc(-c2ccccc2)nc1COc1ccc(S(=O)(=O)N2CCC3(CC2)CN=C(N)N3)cc1. The summed E-state index contributed by atoms with van der Waals surface area (Å²) in [4.78, 5) is 9.00. The Hall–Kier alpha value is -3.37. The van der Waals surface area contributed by atoms with Crippen LogP contribution in [0.4, 0.5) is 0 Å². The topological polar surface area (TPSA) is 123 Å². The molecule has 3 N–H and O–H groups in total. The first kappa shape index (κ1) is 22.4. The fourth-order valence-corrected chi connectivity index (χ4v) is 5.74. The van der Waals surface area contributed by atoms with Crippen molar-refractivity contribution in [3.05, 3.63) is 66.1 Å². The maximum absolute atomic E-state index is 13.1. The Bertz CT molecular complexity index is 1290. The number of oxazole rings is 1. The zero-order valence-electron chi connectivity index (χ0n) is 18.9. The highest BCUT2D eigenvalue weighted by Gasteiger charge is 2.41. The van der Waals surface area contributed by atoms with Crippen LogP contribution in [0.25, 0.3) is 11.5 Å². The van der Waals surface area contributed by atoms with Gasteiger partial charge in [-0.05, 0) is 56.2 Å². The second-order valence-electron chi connectivity index (χ2n) is 8.66. The van der Waals surface area contributed by atoms with E-state index in [1.165, 1.54) is 4.31 Å². The van der Waals surface area contributed by atoms with Gasteiger partial charge in [0.1, 0.15) is 23.8 Å². The molecule has 10 heteroatoms. The van der Waals surface area contributed by atoms with Gasteiger partial charge in [0.05, 0.1) is 17.0 Å². The van der Waals surface area contributed by atoms with E-state index in [0.717, 1.165) is 5.56 Å². The van der Waals surface area contributed by atoms with E-state index in [9.17, 15) is 8.42 Å². The number of sulfonamides is 1. The van der Waals surface area contributed by atoms with Crippen LogP contribution in [0.3, 0.4) is 0 Å². The number of nitrogens with two attached hydrogens (primary N) is 1. The molecule has 0 aliphatic carbocycles.